The van der Waals surface area contributed by atoms with Crippen LogP contribution in [0.4, 0.5) is 5.95 Å². The second-order valence-corrected chi connectivity index (χ2v) is 8.37. The average molecular weight is 272 g/mol. The smallest absolute Gasteiger partial charge is 0.322 e. The van der Waals surface area contributed by atoms with Crippen molar-refractivity contribution in [2.24, 2.45) is 22.0 Å². The van der Waals surface area contributed by atoms with Crippen molar-refractivity contribution in [1.82, 2.24) is 14.5 Å². The Morgan fingerprint density at radius 3 is 2.13 bits per heavy atom. The van der Waals surface area contributed by atoms with Crippen molar-refractivity contribution in [2.45, 2.75) is 5.16 Å². The summed E-state index contributed by atoms with van der Waals surface area (Å²) < 4.78 is 23.1. The lowest BCUT2D eigenvalue weighted by molar-refractivity contribution is 0.560. The van der Waals surface area contributed by atoms with Crippen LogP contribution in [0, 0.1) is 0 Å². The van der Waals surface area contributed by atoms with Gasteiger partial charge < -0.3 is 5.73 Å². The third-order valence-electron chi connectivity index (χ3n) is 1.10. The molecular formula is C2H10N8O2P2S. The normalized spacial score (nSPS) is 13.1. The zero-order valence-corrected chi connectivity index (χ0v) is 9.95. The Morgan fingerprint density at radius 1 is 1.20 bits per heavy atom. The summed E-state index contributed by atoms with van der Waals surface area (Å²) >= 11 is 0.463. The molecule has 15 heavy (non-hydrogen) atoms. The maximum Gasteiger partial charge on any atom is 0.322 e. The summed E-state index contributed by atoms with van der Waals surface area (Å²) in [6, 6.07) is 0. The molecule has 1 heterocycles. The second-order valence-electron chi connectivity index (χ2n) is 2.55. The molecule has 0 aliphatic heterocycles. The zero-order valence-electron chi connectivity index (χ0n) is 7.35. The van der Waals surface area contributed by atoms with Gasteiger partial charge in [-0.1, -0.05) is 0 Å². The molecule has 0 spiro atoms. The molecule has 0 unspecified atom stereocenters. The summed E-state index contributed by atoms with van der Waals surface area (Å²) in [7, 11) is -3.71. The minimum absolute atomic E-state index is 0.144. The highest BCUT2D eigenvalue weighted by Gasteiger charge is 2.25. The van der Waals surface area contributed by atoms with Gasteiger partial charge in [-0.25, -0.2) is 0 Å². The molecule has 1 rings (SSSR count). The zero-order chi connectivity index (χ0) is 11.9. The van der Waals surface area contributed by atoms with Gasteiger partial charge in [0, 0.05) is 11.4 Å². The van der Waals surface area contributed by atoms with Gasteiger partial charge in [-0.05, 0) is 0 Å². The van der Waals surface area contributed by atoms with E-state index >= 15 is 0 Å². The fourth-order valence-corrected chi connectivity index (χ4v) is 3.56. The minimum Gasteiger partial charge on any atom is -0.366 e. The van der Waals surface area contributed by atoms with Crippen molar-refractivity contribution in [3.63, 3.8) is 0 Å². The molecule has 0 atom stereocenters. The summed E-state index contributed by atoms with van der Waals surface area (Å²) in [5, 5.41) is 3.34. The summed E-state index contributed by atoms with van der Waals surface area (Å²) in [6.07, 6.45) is 0. The van der Waals surface area contributed by atoms with Crippen molar-refractivity contribution in [2.75, 3.05) is 5.73 Å². The van der Waals surface area contributed by atoms with Crippen LogP contribution in [-0.2, 0) is 9.13 Å². The summed E-state index contributed by atoms with van der Waals surface area (Å²) in [4.78, 5) is 3.59. The first-order valence-corrected chi connectivity index (χ1v) is 8.43. The minimum atomic E-state index is -3.71. The van der Waals surface area contributed by atoms with Crippen LogP contribution < -0.4 is 27.8 Å². The van der Waals surface area contributed by atoms with E-state index in [-0.39, 0.29) is 11.1 Å². The van der Waals surface area contributed by atoms with Crippen LogP contribution >= 0.6 is 25.6 Å². The molecule has 1 aromatic heterocycles. The molecule has 0 amide bonds. The Labute approximate surface area is 88.7 Å². The topological polar surface area (TPSA) is 195 Å². The third-order valence-corrected chi connectivity index (χ3v) is 4.16. The molecule has 0 radical (unpaired) electrons. The summed E-state index contributed by atoms with van der Waals surface area (Å²) in [5.41, 5.74) is 25.7. The highest BCUT2D eigenvalue weighted by Crippen LogP contribution is 2.49. The largest absolute Gasteiger partial charge is 0.366 e. The molecule has 86 valence electrons. The van der Waals surface area contributed by atoms with Crippen LogP contribution in [0.3, 0.4) is 0 Å². The molecule has 0 aliphatic rings. The van der Waals surface area contributed by atoms with Gasteiger partial charge >= 0.3 is 7.59 Å². The second kappa shape index (κ2) is 3.87. The van der Waals surface area contributed by atoms with E-state index in [1.807, 2.05) is 0 Å². The number of anilines is 1. The van der Waals surface area contributed by atoms with Gasteiger partial charge in [0.1, 0.15) is 0 Å². The van der Waals surface area contributed by atoms with Gasteiger partial charge in [0.15, 0.2) is 0 Å². The molecule has 13 heteroatoms. The van der Waals surface area contributed by atoms with Gasteiger partial charge in [0.2, 0.25) is 11.1 Å². The van der Waals surface area contributed by atoms with Crippen LogP contribution in [0.15, 0.2) is 5.16 Å². The van der Waals surface area contributed by atoms with E-state index in [4.69, 9.17) is 27.8 Å². The number of hydrogen-bond acceptors (Lipinski definition) is 6. The van der Waals surface area contributed by atoms with Gasteiger partial charge in [-0.3, -0.25) is 31.1 Å². The van der Waals surface area contributed by atoms with Crippen LogP contribution in [0.25, 0.3) is 0 Å². The molecule has 0 saturated heterocycles. The lowest BCUT2D eigenvalue weighted by Gasteiger charge is -2.09. The van der Waals surface area contributed by atoms with E-state index in [1.54, 1.807) is 0 Å². The molecule has 0 saturated carbocycles. The van der Waals surface area contributed by atoms with E-state index in [0.29, 0.717) is 15.8 Å². The number of nitrogen functional groups attached to an aromatic ring is 1. The Balaban J connectivity index is 3.19. The SMILES string of the molecule is Nc1nc(SP(N)(N)=O)n(P(N)(N)=O)n1. The lowest BCUT2D eigenvalue weighted by Crippen LogP contribution is -2.16. The van der Waals surface area contributed by atoms with E-state index in [0.717, 1.165) is 0 Å². The van der Waals surface area contributed by atoms with Crippen molar-refractivity contribution in [3.8, 4) is 0 Å². The standard InChI is InChI=1S/C2H10N8O2P2S/c3-1-8-2(15-14(6,7)12)10(9-1)13(4,5)11/h(H2,3,9)(H4,4,5,11)(H4,6,7,12). The Hall–Kier alpha value is -0.410. The van der Waals surface area contributed by atoms with E-state index in [2.05, 4.69) is 10.1 Å². The fraction of sp³-hybridized carbons (Fsp3) is 0. The van der Waals surface area contributed by atoms with E-state index in [1.165, 1.54) is 0 Å². The highest BCUT2D eigenvalue weighted by molar-refractivity contribution is 8.56. The van der Waals surface area contributed by atoms with Crippen LogP contribution in [0.1, 0.15) is 0 Å². The Kier molecular flexibility index (Phi) is 3.27. The van der Waals surface area contributed by atoms with Crippen LogP contribution in [-0.4, -0.2) is 14.5 Å². The summed E-state index contributed by atoms with van der Waals surface area (Å²) in [6.45, 7) is -3.47. The monoisotopic (exact) mass is 272 g/mol. The van der Waals surface area contributed by atoms with Crippen molar-refractivity contribution in [3.05, 3.63) is 0 Å². The first-order valence-electron chi connectivity index (χ1n) is 3.37. The van der Waals surface area contributed by atoms with Crippen molar-refractivity contribution in [1.29, 1.82) is 0 Å². The molecule has 1 aromatic rings. The number of nitrogens with two attached hydrogens (primary N) is 5. The van der Waals surface area contributed by atoms with E-state index < -0.39 is 14.2 Å². The Bertz CT molecular complexity index is 457. The predicted octanol–water partition coefficient (Wildman–Crippen LogP) is -1.15. The molecule has 0 bridgehead atoms. The maximum atomic E-state index is 11.3. The van der Waals surface area contributed by atoms with Gasteiger partial charge in [0.25, 0.3) is 6.65 Å². The van der Waals surface area contributed by atoms with Crippen LogP contribution in [0.2, 0.25) is 0 Å². The molecule has 0 fully saturated rings. The molecule has 0 aromatic carbocycles. The molecule has 10 N–H and O–H groups in total. The van der Waals surface area contributed by atoms with Crippen molar-refractivity contribution < 1.29 is 9.13 Å². The number of aromatic nitrogens is 3. The summed E-state index contributed by atoms with van der Waals surface area (Å²) in [5.74, 6) is -0.220. The Morgan fingerprint density at radius 2 is 1.73 bits per heavy atom. The molecule has 0 aliphatic carbocycles. The first-order chi connectivity index (χ1) is 6.59. The van der Waals surface area contributed by atoms with Gasteiger partial charge in [-0.2, -0.15) is 9.44 Å². The highest BCUT2D eigenvalue weighted by atomic mass is 32.7. The number of rotatable bonds is 3. The lowest BCUT2D eigenvalue weighted by atomic mass is 11.1. The molecular weight excluding hydrogens is 262 g/mol. The number of nitrogens with zero attached hydrogens (tertiary/aromatic N) is 3. The van der Waals surface area contributed by atoms with Crippen molar-refractivity contribution >= 4 is 31.6 Å². The number of hydrogen-bond donors (Lipinski definition) is 5. The average Bonchev–Trinajstić information content (AvgIpc) is 2.25. The quantitative estimate of drug-likeness (QED) is 0.419. The maximum absolute atomic E-state index is 11.3. The van der Waals surface area contributed by atoms with Gasteiger partial charge in [-0.15, -0.1) is 5.10 Å². The fourth-order valence-electron chi connectivity index (χ4n) is 0.693. The van der Waals surface area contributed by atoms with Crippen LogP contribution in [0.5, 0.6) is 0 Å². The third kappa shape index (κ3) is 3.58. The predicted molar refractivity (Wildman–Crippen MR) is 57.7 cm³/mol. The molecule has 10 nitrogen and oxygen atoms in total. The van der Waals surface area contributed by atoms with E-state index in [9.17, 15) is 9.13 Å². The van der Waals surface area contributed by atoms with Gasteiger partial charge in [0.05, 0.1) is 0 Å². The first kappa shape index (κ1) is 12.7.